The molecule has 6 heteroatoms. The summed E-state index contributed by atoms with van der Waals surface area (Å²) in [5, 5.41) is 19.9. The van der Waals surface area contributed by atoms with E-state index in [4.69, 9.17) is 0 Å². The Balaban J connectivity index is 2.33. The third-order valence-corrected chi connectivity index (χ3v) is 3.38. The summed E-state index contributed by atoms with van der Waals surface area (Å²) < 4.78 is 0.890. The summed E-state index contributed by atoms with van der Waals surface area (Å²) >= 11 is 4.86. The van der Waals surface area contributed by atoms with Crippen molar-refractivity contribution in [3.63, 3.8) is 0 Å². The van der Waals surface area contributed by atoms with Gasteiger partial charge in [0.2, 0.25) is 0 Å². The summed E-state index contributed by atoms with van der Waals surface area (Å²) in [5.74, 6) is 0.458. The first-order chi connectivity index (χ1) is 6.29. The number of hydrogen-bond donors (Lipinski definition) is 2. The molecule has 68 valence electrons. The van der Waals surface area contributed by atoms with E-state index in [0.29, 0.717) is 5.82 Å². The SMILES string of the molecule is OC(c1ncn[nH]1)c1cscc1Br. The zero-order valence-electron chi connectivity index (χ0n) is 6.44. The van der Waals surface area contributed by atoms with Crippen molar-refractivity contribution in [2.24, 2.45) is 0 Å². The molecule has 4 nitrogen and oxygen atoms in total. The van der Waals surface area contributed by atoms with Gasteiger partial charge < -0.3 is 5.11 Å². The number of halogens is 1. The molecule has 2 N–H and O–H groups in total. The van der Waals surface area contributed by atoms with E-state index in [1.54, 1.807) is 0 Å². The lowest BCUT2D eigenvalue weighted by Crippen LogP contribution is -2.01. The van der Waals surface area contributed by atoms with E-state index in [-0.39, 0.29) is 0 Å². The van der Waals surface area contributed by atoms with Crippen LogP contribution in [0.2, 0.25) is 0 Å². The molecule has 0 amide bonds. The highest BCUT2D eigenvalue weighted by Crippen LogP contribution is 2.29. The number of nitrogens with one attached hydrogen (secondary N) is 1. The van der Waals surface area contributed by atoms with E-state index in [1.165, 1.54) is 17.7 Å². The lowest BCUT2D eigenvalue weighted by atomic mass is 10.2. The third kappa shape index (κ3) is 1.65. The van der Waals surface area contributed by atoms with Crippen LogP contribution in [0.25, 0.3) is 0 Å². The Hall–Kier alpha value is -0.720. The fraction of sp³-hybridized carbons (Fsp3) is 0.143. The van der Waals surface area contributed by atoms with Gasteiger partial charge in [0.15, 0.2) is 5.82 Å². The Bertz CT molecular complexity index is 386. The Morgan fingerprint density at radius 1 is 1.54 bits per heavy atom. The molecule has 1 atom stereocenters. The highest BCUT2D eigenvalue weighted by molar-refractivity contribution is 9.10. The number of hydrogen-bond acceptors (Lipinski definition) is 4. The average molecular weight is 260 g/mol. The minimum absolute atomic E-state index is 0.458. The van der Waals surface area contributed by atoms with Crippen molar-refractivity contribution in [1.29, 1.82) is 0 Å². The molecule has 1 unspecified atom stereocenters. The van der Waals surface area contributed by atoms with Crippen LogP contribution < -0.4 is 0 Å². The molecule has 2 rings (SSSR count). The molecule has 13 heavy (non-hydrogen) atoms. The number of nitrogens with zero attached hydrogens (tertiary/aromatic N) is 2. The van der Waals surface area contributed by atoms with Gasteiger partial charge in [-0.1, -0.05) is 0 Å². The molecule has 0 aliphatic heterocycles. The lowest BCUT2D eigenvalue weighted by Gasteiger charge is -2.04. The topological polar surface area (TPSA) is 61.8 Å². The molecule has 0 radical (unpaired) electrons. The zero-order valence-corrected chi connectivity index (χ0v) is 8.84. The van der Waals surface area contributed by atoms with Crippen LogP contribution in [0.3, 0.4) is 0 Å². The number of aromatic amines is 1. The van der Waals surface area contributed by atoms with Crippen molar-refractivity contribution < 1.29 is 5.11 Å². The summed E-state index contributed by atoms with van der Waals surface area (Å²) in [6, 6.07) is 0. The number of aliphatic hydroxyl groups excluding tert-OH is 1. The van der Waals surface area contributed by atoms with Crippen LogP contribution in [0.1, 0.15) is 17.5 Å². The molecule has 0 aliphatic rings. The Morgan fingerprint density at radius 2 is 2.38 bits per heavy atom. The summed E-state index contributed by atoms with van der Waals surface area (Å²) in [6.07, 6.45) is 0.641. The lowest BCUT2D eigenvalue weighted by molar-refractivity contribution is 0.210. The molecular formula is C7H6BrN3OS. The van der Waals surface area contributed by atoms with Gasteiger partial charge in [-0.25, -0.2) is 4.98 Å². The van der Waals surface area contributed by atoms with Gasteiger partial charge in [0.25, 0.3) is 0 Å². The molecule has 2 aromatic rings. The van der Waals surface area contributed by atoms with Crippen LogP contribution in [0.4, 0.5) is 0 Å². The molecule has 2 heterocycles. The Morgan fingerprint density at radius 3 is 2.92 bits per heavy atom. The maximum Gasteiger partial charge on any atom is 0.157 e. The Kier molecular flexibility index (Phi) is 2.43. The van der Waals surface area contributed by atoms with Gasteiger partial charge >= 0.3 is 0 Å². The molecule has 0 aliphatic carbocycles. The van der Waals surface area contributed by atoms with E-state index in [1.807, 2.05) is 10.8 Å². The van der Waals surface area contributed by atoms with Crippen LogP contribution in [-0.4, -0.2) is 20.3 Å². The first kappa shape index (κ1) is 8.86. The van der Waals surface area contributed by atoms with E-state index in [0.717, 1.165) is 10.0 Å². The minimum Gasteiger partial charge on any atom is -0.380 e. The normalized spacial score (nSPS) is 13.1. The molecule has 0 spiro atoms. The van der Waals surface area contributed by atoms with Gasteiger partial charge in [0, 0.05) is 15.4 Å². The van der Waals surface area contributed by atoms with Gasteiger partial charge in [-0.2, -0.15) is 16.4 Å². The monoisotopic (exact) mass is 259 g/mol. The highest BCUT2D eigenvalue weighted by atomic mass is 79.9. The van der Waals surface area contributed by atoms with E-state index in [2.05, 4.69) is 31.1 Å². The van der Waals surface area contributed by atoms with Crippen LogP contribution in [-0.2, 0) is 0 Å². The molecule has 0 saturated carbocycles. The van der Waals surface area contributed by atoms with Gasteiger partial charge in [0.05, 0.1) is 0 Å². The number of rotatable bonds is 2. The summed E-state index contributed by atoms with van der Waals surface area (Å²) in [4.78, 5) is 3.88. The minimum atomic E-state index is -0.733. The van der Waals surface area contributed by atoms with Crippen molar-refractivity contribution in [2.75, 3.05) is 0 Å². The van der Waals surface area contributed by atoms with Gasteiger partial charge in [-0.05, 0) is 21.3 Å². The molecule has 0 aromatic carbocycles. The van der Waals surface area contributed by atoms with Crippen molar-refractivity contribution in [1.82, 2.24) is 15.2 Å². The number of aliphatic hydroxyl groups is 1. The predicted octanol–water partition coefficient (Wildman–Crippen LogP) is 1.71. The second-order valence-electron chi connectivity index (χ2n) is 2.45. The largest absolute Gasteiger partial charge is 0.380 e. The highest BCUT2D eigenvalue weighted by Gasteiger charge is 2.16. The molecule has 2 aromatic heterocycles. The second kappa shape index (κ2) is 3.57. The van der Waals surface area contributed by atoms with Crippen molar-refractivity contribution in [3.8, 4) is 0 Å². The van der Waals surface area contributed by atoms with Gasteiger partial charge in [-0.3, -0.25) is 5.10 Å². The second-order valence-corrected chi connectivity index (χ2v) is 4.05. The smallest absolute Gasteiger partial charge is 0.157 e. The molecule has 0 bridgehead atoms. The first-order valence-electron chi connectivity index (χ1n) is 3.54. The Labute approximate surface area is 86.8 Å². The predicted molar refractivity (Wildman–Crippen MR) is 52.5 cm³/mol. The van der Waals surface area contributed by atoms with Crippen LogP contribution in [0.15, 0.2) is 21.6 Å². The number of aromatic nitrogens is 3. The first-order valence-corrected chi connectivity index (χ1v) is 5.27. The van der Waals surface area contributed by atoms with Crippen LogP contribution >= 0.6 is 27.3 Å². The van der Waals surface area contributed by atoms with Crippen molar-refractivity contribution in [2.45, 2.75) is 6.10 Å². The zero-order chi connectivity index (χ0) is 9.26. The maximum atomic E-state index is 9.79. The van der Waals surface area contributed by atoms with Gasteiger partial charge in [0.1, 0.15) is 12.4 Å². The van der Waals surface area contributed by atoms with Crippen LogP contribution in [0.5, 0.6) is 0 Å². The van der Waals surface area contributed by atoms with E-state index >= 15 is 0 Å². The summed E-state index contributed by atoms with van der Waals surface area (Å²) in [6.45, 7) is 0. The van der Waals surface area contributed by atoms with Crippen molar-refractivity contribution >= 4 is 27.3 Å². The van der Waals surface area contributed by atoms with Crippen molar-refractivity contribution in [3.05, 3.63) is 32.9 Å². The number of thiophene rings is 1. The fourth-order valence-corrected chi connectivity index (χ4v) is 2.51. The van der Waals surface area contributed by atoms with Crippen LogP contribution in [0, 0.1) is 0 Å². The van der Waals surface area contributed by atoms with E-state index < -0.39 is 6.10 Å². The summed E-state index contributed by atoms with van der Waals surface area (Å²) in [7, 11) is 0. The molecule has 0 saturated heterocycles. The maximum absolute atomic E-state index is 9.79. The standard InChI is InChI=1S/C7H6BrN3OS/c8-5-2-13-1-4(5)6(12)7-9-3-10-11-7/h1-3,6,12H,(H,9,10,11). The van der Waals surface area contributed by atoms with E-state index in [9.17, 15) is 5.11 Å². The summed E-state index contributed by atoms with van der Waals surface area (Å²) in [5.41, 5.74) is 0.807. The quantitative estimate of drug-likeness (QED) is 0.864. The third-order valence-electron chi connectivity index (χ3n) is 1.63. The average Bonchev–Trinajstić information content (AvgIpc) is 2.72. The number of H-pyrrole nitrogens is 1. The van der Waals surface area contributed by atoms with Gasteiger partial charge in [-0.15, -0.1) is 0 Å². The fourth-order valence-electron chi connectivity index (χ4n) is 0.980. The molecule has 0 fully saturated rings. The molecular weight excluding hydrogens is 254 g/mol.